The summed E-state index contributed by atoms with van der Waals surface area (Å²) in [4.78, 5) is 21.9. The van der Waals surface area contributed by atoms with Crippen molar-refractivity contribution in [2.45, 2.75) is 0 Å². The van der Waals surface area contributed by atoms with Crippen molar-refractivity contribution in [2.24, 2.45) is 0 Å². The third-order valence-electron chi connectivity index (χ3n) is 1.79. The van der Waals surface area contributed by atoms with E-state index in [9.17, 15) is 13.8 Å². The smallest absolute Gasteiger partial charge is 0.478 e. The fourth-order valence-electron chi connectivity index (χ4n) is 1.07. The molecule has 1 aromatic rings. The molecule has 0 aliphatic carbocycles. The van der Waals surface area contributed by atoms with Gasteiger partial charge in [-0.3, -0.25) is 9.00 Å². The van der Waals surface area contributed by atoms with Crippen LogP contribution in [0.3, 0.4) is 0 Å². The number of ketones is 1. The van der Waals surface area contributed by atoms with Gasteiger partial charge in [0.1, 0.15) is 0 Å². The second-order valence-corrected chi connectivity index (χ2v) is 4.46. The van der Waals surface area contributed by atoms with Crippen LogP contribution in [0.25, 0.3) is 0 Å². The van der Waals surface area contributed by atoms with Crippen LogP contribution in [-0.2, 0) is 10.8 Å². The fourth-order valence-corrected chi connectivity index (χ4v) is 1.60. The topological polar surface area (TPSA) is 71.4 Å². The maximum atomic E-state index is 11.4. The van der Waals surface area contributed by atoms with Gasteiger partial charge in [0.2, 0.25) is 0 Å². The van der Waals surface area contributed by atoms with Crippen LogP contribution in [0.1, 0.15) is 20.7 Å². The Hall–Kier alpha value is 0.146. The third kappa shape index (κ3) is 4.98. The van der Waals surface area contributed by atoms with Gasteiger partial charge in [0.25, 0.3) is 0 Å². The summed E-state index contributed by atoms with van der Waals surface area (Å²) in [5, 5.41) is 8.63. The van der Waals surface area contributed by atoms with Crippen LogP contribution in [0, 0.1) is 0 Å². The maximum Gasteiger partial charge on any atom is 1.00 e. The normalized spacial score (nSPS) is 11.3. The molecule has 0 amide bonds. The van der Waals surface area contributed by atoms with Crippen molar-refractivity contribution in [3.05, 3.63) is 35.4 Å². The van der Waals surface area contributed by atoms with Gasteiger partial charge in [-0.05, 0) is 12.1 Å². The zero-order valence-electron chi connectivity index (χ0n) is 9.10. The first-order valence-corrected chi connectivity index (χ1v) is 5.90. The molecular weight excluding hydrogens is 255 g/mol. The monoisotopic (exact) mass is 265 g/mol. The number of aromatic carboxylic acids is 1. The van der Waals surface area contributed by atoms with Crippen LogP contribution in [0.15, 0.2) is 24.3 Å². The molecule has 0 bridgehead atoms. The molecule has 80 valence electrons. The molecule has 1 rings (SSSR count). The predicted octanol–water partition coefficient (Wildman–Crippen LogP) is -2.05. The average molecular weight is 265 g/mol. The first kappa shape index (κ1) is 16.1. The van der Waals surface area contributed by atoms with E-state index in [2.05, 4.69) is 0 Å². The number of hydrogen-bond donors (Lipinski definition) is 1. The van der Waals surface area contributed by atoms with Crippen molar-refractivity contribution in [1.82, 2.24) is 0 Å². The molecule has 1 unspecified atom stereocenters. The second kappa shape index (κ2) is 7.47. The number of carbonyl (C=O) groups is 2. The average Bonchev–Trinajstić information content (AvgIpc) is 2.17. The Morgan fingerprint density at radius 2 is 1.62 bits per heavy atom. The van der Waals surface area contributed by atoms with Crippen molar-refractivity contribution in [3.8, 4) is 0 Å². The first-order chi connectivity index (χ1) is 7.00. The number of Topliss-reactive ketones (excluding diaryl/α,β-unsaturated/α-hetero) is 1. The van der Waals surface area contributed by atoms with Crippen LogP contribution in [0.4, 0.5) is 0 Å². The first-order valence-electron chi connectivity index (χ1n) is 4.17. The van der Waals surface area contributed by atoms with E-state index in [4.69, 9.17) is 5.11 Å². The summed E-state index contributed by atoms with van der Waals surface area (Å²) in [6, 6.07) is 5.57. The van der Waals surface area contributed by atoms with Crippen molar-refractivity contribution < 1.29 is 70.3 Å². The van der Waals surface area contributed by atoms with Gasteiger partial charge in [-0.15, -0.1) is 0 Å². The van der Waals surface area contributed by atoms with E-state index in [0.717, 1.165) is 0 Å². The Labute approximate surface area is 138 Å². The largest absolute Gasteiger partial charge is 1.00 e. The minimum absolute atomic E-state index is 0. The number of benzene rings is 1. The van der Waals surface area contributed by atoms with Gasteiger partial charge < -0.3 is 5.11 Å². The molecular formula is C10H10KO4S+. The molecule has 0 aromatic heterocycles. The number of carbonyl (C=O) groups excluding carboxylic acids is 1. The summed E-state index contributed by atoms with van der Waals surface area (Å²) in [5.74, 6) is -1.31. The molecule has 16 heavy (non-hydrogen) atoms. The van der Waals surface area contributed by atoms with E-state index >= 15 is 0 Å². The predicted molar refractivity (Wildman–Crippen MR) is 56.7 cm³/mol. The van der Waals surface area contributed by atoms with Crippen molar-refractivity contribution in [1.29, 1.82) is 0 Å². The van der Waals surface area contributed by atoms with E-state index in [1.54, 1.807) is 0 Å². The van der Waals surface area contributed by atoms with E-state index in [1.165, 1.54) is 30.5 Å². The van der Waals surface area contributed by atoms with E-state index in [-0.39, 0.29) is 68.5 Å². The molecule has 0 radical (unpaired) electrons. The molecule has 6 heteroatoms. The van der Waals surface area contributed by atoms with Gasteiger partial charge >= 0.3 is 57.4 Å². The molecule has 1 atom stereocenters. The molecule has 0 aliphatic heterocycles. The number of carboxylic acids is 1. The summed E-state index contributed by atoms with van der Waals surface area (Å²) in [5.41, 5.74) is 0.513. The van der Waals surface area contributed by atoms with Gasteiger partial charge in [-0.25, -0.2) is 4.79 Å². The third-order valence-corrected chi connectivity index (χ3v) is 2.46. The standard InChI is InChI=1S/C10H10O4S.K/c1-15(14)6-9(11)7-2-4-8(5-3-7)10(12)13;/h2-5H,6H2,1H3,(H,12,13);/q;+1. The van der Waals surface area contributed by atoms with Gasteiger partial charge in [0.15, 0.2) is 5.78 Å². The van der Waals surface area contributed by atoms with E-state index in [0.29, 0.717) is 5.56 Å². The van der Waals surface area contributed by atoms with E-state index in [1.807, 2.05) is 0 Å². The molecule has 1 N–H and O–H groups in total. The number of carboxylic acid groups (broad SMARTS) is 1. The number of rotatable bonds is 4. The molecule has 0 saturated carbocycles. The van der Waals surface area contributed by atoms with Crippen molar-refractivity contribution >= 4 is 22.6 Å². The van der Waals surface area contributed by atoms with Crippen LogP contribution in [0.5, 0.6) is 0 Å². The fraction of sp³-hybridized carbons (Fsp3) is 0.200. The second-order valence-electron chi connectivity index (χ2n) is 3.02. The summed E-state index contributed by atoms with van der Waals surface area (Å²) in [6.07, 6.45) is 1.45. The maximum absolute atomic E-state index is 11.4. The number of hydrogen-bond acceptors (Lipinski definition) is 3. The molecule has 4 nitrogen and oxygen atoms in total. The van der Waals surface area contributed by atoms with Gasteiger partial charge in [0, 0.05) is 22.6 Å². The summed E-state index contributed by atoms with van der Waals surface area (Å²) < 4.78 is 10.8. The van der Waals surface area contributed by atoms with Crippen LogP contribution in [-0.4, -0.2) is 33.1 Å². The minimum Gasteiger partial charge on any atom is -0.478 e. The van der Waals surface area contributed by atoms with Gasteiger partial charge in [-0.2, -0.15) is 0 Å². The van der Waals surface area contributed by atoms with Crippen LogP contribution in [0.2, 0.25) is 0 Å². The molecule has 1 aromatic carbocycles. The molecule has 0 saturated heterocycles. The Balaban J connectivity index is 0.00000225. The molecule has 0 aliphatic rings. The Morgan fingerprint density at radius 3 is 2.00 bits per heavy atom. The quantitative estimate of drug-likeness (QED) is 0.502. The zero-order chi connectivity index (χ0) is 11.4. The molecule has 0 spiro atoms. The Morgan fingerprint density at radius 1 is 1.19 bits per heavy atom. The summed E-state index contributed by atoms with van der Waals surface area (Å²) in [6.45, 7) is 0. The van der Waals surface area contributed by atoms with Crippen LogP contribution < -0.4 is 51.4 Å². The Bertz CT molecular complexity index is 413. The van der Waals surface area contributed by atoms with E-state index < -0.39 is 16.8 Å². The SMILES string of the molecule is CS(=O)CC(=O)c1ccc(C(=O)O)cc1.[K+]. The van der Waals surface area contributed by atoms with Gasteiger partial charge in [-0.1, -0.05) is 12.1 Å². The molecule has 0 heterocycles. The van der Waals surface area contributed by atoms with Crippen LogP contribution >= 0.6 is 0 Å². The molecule has 0 fully saturated rings. The Kier molecular flexibility index (Phi) is 7.54. The van der Waals surface area contributed by atoms with Crippen molar-refractivity contribution in [3.63, 3.8) is 0 Å². The van der Waals surface area contributed by atoms with Gasteiger partial charge in [0.05, 0.1) is 11.3 Å². The minimum atomic E-state index is -1.18. The summed E-state index contributed by atoms with van der Waals surface area (Å²) >= 11 is 0. The van der Waals surface area contributed by atoms with Crippen molar-refractivity contribution in [2.75, 3.05) is 12.0 Å². The summed E-state index contributed by atoms with van der Waals surface area (Å²) in [7, 11) is -1.18. The zero-order valence-corrected chi connectivity index (χ0v) is 13.0.